The number of rotatable bonds is 4. The molecule has 0 bridgehead atoms. The molecule has 4 heteroatoms. The van der Waals surface area contributed by atoms with Crippen molar-refractivity contribution in [2.75, 3.05) is 5.32 Å². The van der Waals surface area contributed by atoms with Gasteiger partial charge >= 0.3 is 0 Å². The lowest BCUT2D eigenvalue weighted by Crippen LogP contribution is -2.29. The lowest BCUT2D eigenvalue weighted by atomic mass is 10.0. The number of aromatic nitrogens is 1. The van der Waals surface area contributed by atoms with Crippen LogP contribution in [0.5, 0.6) is 0 Å². The lowest BCUT2D eigenvalue weighted by Gasteiger charge is -2.24. The molecule has 0 aliphatic heterocycles. The Morgan fingerprint density at radius 1 is 1.41 bits per heavy atom. The first kappa shape index (κ1) is 16.1. The molecule has 1 aromatic heterocycles. The van der Waals surface area contributed by atoms with Crippen LogP contribution in [0.2, 0.25) is 0 Å². The van der Waals surface area contributed by atoms with Crippen molar-refractivity contribution in [3.05, 3.63) is 11.2 Å². The maximum Gasteiger partial charge on any atom is 0.181 e. The SMILES string of the molecule is CCC.CCC(C)(C)Nc1scnc1C(C)=O. The summed E-state index contributed by atoms with van der Waals surface area (Å²) in [5.74, 6) is 0.0145. The van der Waals surface area contributed by atoms with Crippen LogP contribution >= 0.6 is 11.3 Å². The Bertz CT molecular complexity index is 345. The molecule has 0 fully saturated rings. The highest BCUT2D eigenvalue weighted by molar-refractivity contribution is 7.14. The van der Waals surface area contributed by atoms with Crippen molar-refractivity contribution in [2.45, 2.75) is 59.9 Å². The molecular weight excluding hydrogens is 232 g/mol. The fourth-order valence-electron chi connectivity index (χ4n) is 0.981. The Kier molecular flexibility index (Phi) is 7.04. The molecule has 0 unspecified atom stereocenters. The Morgan fingerprint density at radius 2 is 1.94 bits per heavy atom. The van der Waals surface area contributed by atoms with E-state index in [1.165, 1.54) is 17.8 Å². The third-order valence-electron chi connectivity index (χ3n) is 2.24. The molecule has 17 heavy (non-hydrogen) atoms. The second kappa shape index (κ2) is 7.43. The van der Waals surface area contributed by atoms with Gasteiger partial charge in [-0.1, -0.05) is 27.2 Å². The monoisotopic (exact) mass is 256 g/mol. The summed E-state index contributed by atoms with van der Waals surface area (Å²) in [6, 6.07) is 0. The Balaban J connectivity index is 0.000000770. The smallest absolute Gasteiger partial charge is 0.181 e. The first-order valence-electron chi connectivity index (χ1n) is 6.10. The van der Waals surface area contributed by atoms with Crippen LogP contribution in [-0.4, -0.2) is 16.3 Å². The third-order valence-corrected chi connectivity index (χ3v) is 2.98. The Hall–Kier alpha value is -0.900. The molecule has 0 saturated heterocycles. The van der Waals surface area contributed by atoms with E-state index >= 15 is 0 Å². The first-order valence-corrected chi connectivity index (χ1v) is 6.98. The van der Waals surface area contributed by atoms with E-state index in [9.17, 15) is 4.79 Å². The second-order valence-corrected chi connectivity index (χ2v) is 5.51. The van der Waals surface area contributed by atoms with Gasteiger partial charge in [-0.2, -0.15) is 0 Å². The average Bonchev–Trinajstić information content (AvgIpc) is 2.66. The van der Waals surface area contributed by atoms with Gasteiger partial charge in [-0.25, -0.2) is 4.98 Å². The van der Waals surface area contributed by atoms with E-state index in [0.29, 0.717) is 5.69 Å². The molecule has 0 aromatic carbocycles. The number of nitrogens with one attached hydrogen (secondary N) is 1. The molecule has 0 aliphatic carbocycles. The van der Waals surface area contributed by atoms with E-state index in [1.807, 2.05) is 0 Å². The van der Waals surface area contributed by atoms with Crippen molar-refractivity contribution in [1.29, 1.82) is 0 Å². The minimum absolute atomic E-state index is 0.0106. The zero-order valence-electron chi connectivity index (χ0n) is 11.8. The highest BCUT2D eigenvalue weighted by Gasteiger charge is 2.19. The topological polar surface area (TPSA) is 42.0 Å². The minimum Gasteiger partial charge on any atom is -0.370 e. The molecule has 1 heterocycles. The number of nitrogens with zero attached hydrogens (tertiary/aromatic N) is 1. The highest BCUT2D eigenvalue weighted by Crippen LogP contribution is 2.25. The molecule has 1 rings (SSSR count). The Labute approximate surface area is 109 Å². The summed E-state index contributed by atoms with van der Waals surface area (Å²) < 4.78 is 0. The van der Waals surface area contributed by atoms with Gasteiger partial charge < -0.3 is 5.32 Å². The van der Waals surface area contributed by atoms with Crippen molar-refractivity contribution in [3.8, 4) is 0 Å². The zero-order valence-corrected chi connectivity index (χ0v) is 12.6. The summed E-state index contributed by atoms with van der Waals surface area (Å²) in [5, 5.41) is 4.21. The van der Waals surface area contributed by atoms with Gasteiger partial charge in [0.15, 0.2) is 5.78 Å². The number of anilines is 1. The van der Waals surface area contributed by atoms with Gasteiger partial charge in [-0.15, -0.1) is 11.3 Å². The summed E-state index contributed by atoms with van der Waals surface area (Å²) in [5.41, 5.74) is 2.26. The fourth-order valence-corrected chi connectivity index (χ4v) is 1.89. The van der Waals surface area contributed by atoms with Crippen LogP contribution in [-0.2, 0) is 0 Å². The molecule has 0 aliphatic rings. The van der Waals surface area contributed by atoms with E-state index < -0.39 is 0 Å². The number of thiazole rings is 1. The summed E-state index contributed by atoms with van der Waals surface area (Å²) in [6.07, 6.45) is 2.25. The van der Waals surface area contributed by atoms with Crippen molar-refractivity contribution < 1.29 is 4.79 Å². The van der Waals surface area contributed by atoms with E-state index in [2.05, 4.69) is 44.9 Å². The largest absolute Gasteiger partial charge is 0.370 e. The number of carbonyl (C=O) groups excluding carboxylic acids is 1. The second-order valence-electron chi connectivity index (χ2n) is 4.66. The molecule has 3 nitrogen and oxygen atoms in total. The van der Waals surface area contributed by atoms with E-state index in [1.54, 1.807) is 12.4 Å². The normalized spacial score (nSPS) is 10.5. The molecule has 0 atom stereocenters. The van der Waals surface area contributed by atoms with Crippen LogP contribution < -0.4 is 5.32 Å². The average molecular weight is 256 g/mol. The Morgan fingerprint density at radius 3 is 2.35 bits per heavy atom. The summed E-state index contributed by atoms with van der Waals surface area (Å²) in [4.78, 5) is 15.2. The maximum atomic E-state index is 11.2. The molecule has 0 radical (unpaired) electrons. The number of hydrogen-bond donors (Lipinski definition) is 1. The van der Waals surface area contributed by atoms with Gasteiger partial charge in [0.1, 0.15) is 10.7 Å². The molecule has 0 spiro atoms. The van der Waals surface area contributed by atoms with E-state index in [-0.39, 0.29) is 11.3 Å². The van der Waals surface area contributed by atoms with Gasteiger partial charge in [0.2, 0.25) is 0 Å². The standard InChI is InChI=1S/C10H16N2OS.C3H8/c1-5-10(3,4)12-9-8(7(2)13)11-6-14-9;1-3-2/h6,12H,5H2,1-4H3;3H2,1-2H3. The van der Waals surface area contributed by atoms with Gasteiger partial charge in [0.25, 0.3) is 0 Å². The maximum absolute atomic E-state index is 11.2. The van der Waals surface area contributed by atoms with Gasteiger partial charge in [-0.05, 0) is 20.3 Å². The molecular formula is C13H24N2OS. The summed E-state index contributed by atoms with van der Waals surface area (Å²) >= 11 is 1.48. The number of carbonyl (C=O) groups is 1. The lowest BCUT2D eigenvalue weighted by molar-refractivity contribution is 0.101. The van der Waals surface area contributed by atoms with Crippen LogP contribution in [0.4, 0.5) is 5.00 Å². The summed E-state index contributed by atoms with van der Waals surface area (Å²) in [7, 11) is 0. The minimum atomic E-state index is 0.0106. The van der Waals surface area contributed by atoms with Crippen LogP contribution in [0.1, 0.15) is 64.9 Å². The molecule has 0 amide bonds. The van der Waals surface area contributed by atoms with Crippen LogP contribution in [0.15, 0.2) is 5.51 Å². The quantitative estimate of drug-likeness (QED) is 0.814. The van der Waals surface area contributed by atoms with Crippen molar-refractivity contribution in [3.63, 3.8) is 0 Å². The summed E-state index contributed by atoms with van der Waals surface area (Å²) in [6.45, 7) is 12.1. The molecule has 1 N–H and O–H groups in total. The number of Topliss-reactive ketones (excluding diaryl/α,β-unsaturated/α-hetero) is 1. The molecule has 0 saturated carbocycles. The predicted molar refractivity (Wildman–Crippen MR) is 76.1 cm³/mol. The van der Waals surface area contributed by atoms with Crippen LogP contribution in [0.3, 0.4) is 0 Å². The van der Waals surface area contributed by atoms with Crippen molar-refractivity contribution >= 4 is 22.1 Å². The zero-order chi connectivity index (χ0) is 13.5. The van der Waals surface area contributed by atoms with E-state index in [0.717, 1.165) is 11.4 Å². The first-order chi connectivity index (χ1) is 7.87. The van der Waals surface area contributed by atoms with Crippen LogP contribution in [0.25, 0.3) is 0 Å². The van der Waals surface area contributed by atoms with E-state index in [4.69, 9.17) is 0 Å². The third kappa shape index (κ3) is 5.82. The number of hydrogen-bond acceptors (Lipinski definition) is 4. The highest BCUT2D eigenvalue weighted by atomic mass is 32.1. The van der Waals surface area contributed by atoms with Crippen LogP contribution in [0, 0.1) is 0 Å². The van der Waals surface area contributed by atoms with Gasteiger partial charge in [-0.3, -0.25) is 4.79 Å². The van der Waals surface area contributed by atoms with Gasteiger partial charge in [0.05, 0.1) is 5.51 Å². The predicted octanol–water partition coefficient (Wildman–Crippen LogP) is 4.36. The molecule has 1 aromatic rings. The van der Waals surface area contributed by atoms with Gasteiger partial charge in [0, 0.05) is 12.5 Å². The molecule has 98 valence electrons. The van der Waals surface area contributed by atoms with Crippen molar-refractivity contribution in [2.24, 2.45) is 0 Å². The van der Waals surface area contributed by atoms with Crippen molar-refractivity contribution in [1.82, 2.24) is 4.98 Å². The fraction of sp³-hybridized carbons (Fsp3) is 0.692. The number of ketones is 1.